The Hall–Kier alpha value is -0.800. The molecular formula is C20H24INO3S2. The van der Waals surface area contributed by atoms with Crippen LogP contribution in [-0.2, 0) is 14.3 Å². The molecule has 3 rings (SSSR count). The van der Waals surface area contributed by atoms with E-state index in [1.165, 1.54) is 0 Å². The van der Waals surface area contributed by atoms with Gasteiger partial charge < -0.3 is 10.1 Å². The Morgan fingerprint density at radius 1 is 1.44 bits per heavy atom. The molecule has 1 aliphatic carbocycles. The molecule has 0 aromatic carbocycles. The zero-order chi connectivity index (χ0) is 19.9. The molecule has 7 heteroatoms. The lowest BCUT2D eigenvalue weighted by molar-refractivity contribution is -0.138. The molecule has 4 nitrogen and oxygen atoms in total. The van der Waals surface area contributed by atoms with Crippen molar-refractivity contribution in [2.24, 2.45) is 5.41 Å². The predicted octanol–water partition coefficient (Wildman–Crippen LogP) is 5.24. The molecule has 1 atom stereocenters. The number of thiophene rings is 1. The van der Waals surface area contributed by atoms with Crippen LogP contribution in [0.2, 0.25) is 0 Å². The molecule has 0 spiro atoms. The molecule has 0 amide bonds. The molecule has 146 valence electrons. The lowest BCUT2D eigenvalue weighted by Crippen LogP contribution is -2.38. The van der Waals surface area contributed by atoms with Gasteiger partial charge in [0, 0.05) is 23.4 Å². The number of ketones is 1. The highest BCUT2D eigenvalue weighted by Crippen LogP contribution is 2.50. The first-order valence-electron chi connectivity index (χ1n) is 8.93. The van der Waals surface area contributed by atoms with E-state index in [1.807, 2.05) is 13.2 Å². The summed E-state index contributed by atoms with van der Waals surface area (Å²) in [5.41, 5.74) is 4.01. The topological polar surface area (TPSA) is 55.4 Å². The standard InChI is InChI=1S/C20H24INO3S2/c1-6-25-18(24)15-10(2)22-12-8-20(3,4)9-13(23)17(12)16(15)11-7-14(21)27-19(11)26-5/h7,16,22H,6,8-9H2,1-5H3/t16-/m1/s1. The average Bonchev–Trinajstić information content (AvgIpc) is 2.93. The fourth-order valence-electron chi connectivity index (χ4n) is 3.95. The van der Waals surface area contributed by atoms with Crippen molar-refractivity contribution >= 4 is 57.4 Å². The normalized spacial score (nSPS) is 21.9. The minimum Gasteiger partial charge on any atom is -0.463 e. The number of thioether (sulfide) groups is 1. The van der Waals surface area contributed by atoms with Crippen LogP contribution in [0.1, 0.15) is 52.0 Å². The van der Waals surface area contributed by atoms with Crippen molar-refractivity contribution in [1.82, 2.24) is 5.32 Å². The molecule has 1 aromatic heterocycles. The predicted molar refractivity (Wildman–Crippen MR) is 119 cm³/mol. The van der Waals surface area contributed by atoms with Crippen molar-refractivity contribution in [2.75, 3.05) is 12.9 Å². The largest absolute Gasteiger partial charge is 0.463 e. The van der Waals surface area contributed by atoms with Gasteiger partial charge in [0.1, 0.15) is 0 Å². The number of carbonyl (C=O) groups is 2. The van der Waals surface area contributed by atoms with Gasteiger partial charge in [0.2, 0.25) is 0 Å². The quantitative estimate of drug-likeness (QED) is 0.336. The molecule has 0 bridgehead atoms. The maximum atomic E-state index is 13.2. The highest BCUT2D eigenvalue weighted by atomic mass is 127. The second-order valence-electron chi connectivity index (χ2n) is 7.65. The van der Waals surface area contributed by atoms with Gasteiger partial charge in [-0.05, 0) is 66.2 Å². The number of ether oxygens (including phenoxy) is 1. The minimum atomic E-state index is -0.355. The maximum Gasteiger partial charge on any atom is 0.336 e. The van der Waals surface area contributed by atoms with Crippen LogP contribution in [0.5, 0.6) is 0 Å². The highest BCUT2D eigenvalue weighted by Gasteiger charge is 2.44. The fraction of sp³-hybridized carbons (Fsp3) is 0.500. The first-order chi connectivity index (χ1) is 12.7. The van der Waals surface area contributed by atoms with E-state index in [-0.39, 0.29) is 23.1 Å². The third kappa shape index (κ3) is 4.00. The summed E-state index contributed by atoms with van der Waals surface area (Å²) in [7, 11) is 0. The van der Waals surface area contributed by atoms with E-state index in [9.17, 15) is 9.59 Å². The van der Waals surface area contributed by atoms with Crippen molar-refractivity contribution < 1.29 is 14.3 Å². The zero-order valence-electron chi connectivity index (χ0n) is 16.2. The number of nitrogens with one attached hydrogen (secondary N) is 1. The van der Waals surface area contributed by atoms with E-state index in [0.29, 0.717) is 18.6 Å². The first kappa shape index (κ1) is 20.9. The molecule has 0 radical (unpaired) electrons. The van der Waals surface area contributed by atoms with Gasteiger partial charge in [-0.25, -0.2) is 4.79 Å². The average molecular weight is 517 g/mol. The lowest BCUT2D eigenvalue weighted by Gasteiger charge is -2.39. The molecule has 0 unspecified atom stereocenters. The monoisotopic (exact) mass is 517 g/mol. The number of Topliss-reactive ketones (excluding diaryl/α,β-unsaturated/α-hetero) is 1. The number of rotatable bonds is 4. The number of halogens is 1. The van der Waals surface area contributed by atoms with E-state index in [2.05, 4.69) is 47.8 Å². The van der Waals surface area contributed by atoms with E-state index < -0.39 is 0 Å². The minimum absolute atomic E-state index is 0.0828. The third-order valence-corrected chi connectivity index (χ3v) is 7.99. The van der Waals surface area contributed by atoms with E-state index in [1.54, 1.807) is 30.0 Å². The summed E-state index contributed by atoms with van der Waals surface area (Å²) >= 11 is 5.67. The zero-order valence-corrected chi connectivity index (χ0v) is 20.0. The van der Waals surface area contributed by atoms with Crippen LogP contribution in [0.15, 0.2) is 32.8 Å². The number of esters is 1. The molecule has 0 fully saturated rings. The number of hydrogen-bond donors (Lipinski definition) is 1. The van der Waals surface area contributed by atoms with Gasteiger partial charge in [0.15, 0.2) is 5.78 Å². The van der Waals surface area contributed by atoms with Crippen LogP contribution in [0.4, 0.5) is 0 Å². The molecule has 2 aliphatic rings. The Morgan fingerprint density at radius 2 is 2.15 bits per heavy atom. The second-order valence-corrected chi connectivity index (χ2v) is 11.7. The van der Waals surface area contributed by atoms with Crippen LogP contribution in [0.3, 0.4) is 0 Å². The van der Waals surface area contributed by atoms with E-state index in [4.69, 9.17) is 4.74 Å². The van der Waals surface area contributed by atoms with Crippen molar-refractivity contribution in [3.05, 3.63) is 37.1 Å². The Labute approximate surface area is 182 Å². The molecule has 1 aliphatic heterocycles. The van der Waals surface area contributed by atoms with Crippen LogP contribution < -0.4 is 5.32 Å². The van der Waals surface area contributed by atoms with Crippen LogP contribution in [-0.4, -0.2) is 24.6 Å². The van der Waals surface area contributed by atoms with Crippen LogP contribution >= 0.6 is 45.7 Å². The van der Waals surface area contributed by atoms with Crippen molar-refractivity contribution in [2.45, 2.75) is 50.7 Å². The molecule has 1 aromatic rings. The molecule has 1 N–H and O–H groups in total. The van der Waals surface area contributed by atoms with Crippen molar-refractivity contribution in [3.63, 3.8) is 0 Å². The summed E-state index contributed by atoms with van der Waals surface area (Å²) in [6.07, 6.45) is 3.33. The van der Waals surface area contributed by atoms with Crippen molar-refractivity contribution in [1.29, 1.82) is 0 Å². The Kier molecular flexibility index (Phi) is 6.13. The molecule has 2 heterocycles. The summed E-state index contributed by atoms with van der Waals surface area (Å²) in [6, 6.07) is 2.11. The third-order valence-electron chi connectivity index (χ3n) is 4.93. The van der Waals surface area contributed by atoms with Gasteiger partial charge in [0.05, 0.1) is 25.2 Å². The molecule has 0 saturated heterocycles. The van der Waals surface area contributed by atoms with E-state index in [0.717, 1.165) is 36.0 Å². The second kappa shape index (κ2) is 7.91. The smallest absolute Gasteiger partial charge is 0.336 e. The summed E-state index contributed by atoms with van der Waals surface area (Å²) in [6.45, 7) is 8.26. The number of carbonyl (C=O) groups excluding carboxylic acids is 2. The number of allylic oxidation sites excluding steroid dienone is 3. The van der Waals surface area contributed by atoms with Gasteiger partial charge in [-0.2, -0.15) is 0 Å². The number of hydrogen-bond acceptors (Lipinski definition) is 6. The Balaban J connectivity index is 2.22. The van der Waals surface area contributed by atoms with E-state index >= 15 is 0 Å². The number of dihydropyridines is 1. The fourth-order valence-corrected chi connectivity index (χ4v) is 7.06. The molecule has 0 saturated carbocycles. The maximum absolute atomic E-state index is 13.2. The van der Waals surface area contributed by atoms with Crippen LogP contribution in [0.25, 0.3) is 0 Å². The van der Waals surface area contributed by atoms with Gasteiger partial charge in [-0.3, -0.25) is 4.79 Å². The van der Waals surface area contributed by atoms with Gasteiger partial charge in [-0.15, -0.1) is 23.1 Å². The highest BCUT2D eigenvalue weighted by molar-refractivity contribution is 14.1. The first-order valence-corrected chi connectivity index (χ1v) is 12.0. The molecular weight excluding hydrogens is 493 g/mol. The van der Waals surface area contributed by atoms with Crippen LogP contribution in [0, 0.1) is 8.30 Å². The summed E-state index contributed by atoms with van der Waals surface area (Å²) in [5.74, 6) is -0.572. The summed E-state index contributed by atoms with van der Waals surface area (Å²) in [4.78, 5) is 26.0. The van der Waals surface area contributed by atoms with Gasteiger partial charge in [-0.1, -0.05) is 13.8 Å². The van der Waals surface area contributed by atoms with Gasteiger partial charge >= 0.3 is 5.97 Å². The summed E-state index contributed by atoms with van der Waals surface area (Å²) in [5, 5.41) is 3.37. The van der Waals surface area contributed by atoms with Gasteiger partial charge in [0.25, 0.3) is 0 Å². The lowest BCUT2D eigenvalue weighted by atomic mass is 9.69. The SMILES string of the molecule is CCOC(=O)C1=C(C)NC2=C(C(=O)CC(C)(C)C2)[C@@H]1c1cc(I)sc1SC. The summed E-state index contributed by atoms with van der Waals surface area (Å²) < 4.78 is 7.66. The Bertz CT molecular complexity index is 867. The van der Waals surface area contributed by atoms with Crippen molar-refractivity contribution in [3.8, 4) is 0 Å². The Morgan fingerprint density at radius 3 is 2.78 bits per heavy atom. The molecule has 27 heavy (non-hydrogen) atoms.